The van der Waals surface area contributed by atoms with Gasteiger partial charge in [0.2, 0.25) is 11.8 Å². The normalized spacial score (nSPS) is 10.1. The molecule has 2 N–H and O–H groups in total. The van der Waals surface area contributed by atoms with Gasteiger partial charge in [0.1, 0.15) is 0 Å². The molecule has 2 rings (SSSR count). The third-order valence-electron chi connectivity index (χ3n) is 3.74. The lowest BCUT2D eigenvalue weighted by atomic mass is 10.1. The maximum atomic E-state index is 12.1. The van der Waals surface area contributed by atoms with Gasteiger partial charge in [-0.2, -0.15) is 0 Å². The lowest BCUT2D eigenvalue weighted by Gasteiger charge is -2.11. The summed E-state index contributed by atoms with van der Waals surface area (Å²) in [5, 5.41) is 5.55. The maximum absolute atomic E-state index is 12.1. The molecule has 3 amide bonds. The summed E-state index contributed by atoms with van der Waals surface area (Å²) >= 11 is 0. The molecular weight excluding hydrogens is 330 g/mol. The van der Waals surface area contributed by atoms with Gasteiger partial charge >= 0.3 is 0 Å². The second kappa shape index (κ2) is 8.80. The van der Waals surface area contributed by atoms with Crippen LogP contribution < -0.4 is 10.6 Å². The fourth-order valence-electron chi connectivity index (χ4n) is 2.38. The van der Waals surface area contributed by atoms with Crippen molar-refractivity contribution in [2.45, 2.75) is 19.9 Å². The van der Waals surface area contributed by atoms with Gasteiger partial charge in [-0.3, -0.25) is 14.4 Å². The molecule has 0 unspecified atom stereocenters. The highest BCUT2D eigenvalue weighted by atomic mass is 16.2. The van der Waals surface area contributed by atoms with Crippen molar-refractivity contribution in [3.05, 3.63) is 65.2 Å². The van der Waals surface area contributed by atoms with Crippen molar-refractivity contribution < 1.29 is 14.4 Å². The molecule has 0 saturated heterocycles. The van der Waals surface area contributed by atoms with Crippen LogP contribution >= 0.6 is 0 Å². The standard InChI is InChI=1S/C20H23N3O3/c1-14(24)22-18-10-6-15(7-11-18)12-19(25)21-13-16-4-8-17(9-5-16)20(26)23(2)3/h4-11H,12-13H2,1-3H3,(H,21,25)(H,22,24). The van der Waals surface area contributed by atoms with E-state index in [0.717, 1.165) is 11.1 Å². The number of rotatable bonds is 6. The molecule has 0 saturated carbocycles. The Hall–Kier alpha value is -3.15. The Morgan fingerprint density at radius 2 is 1.46 bits per heavy atom. The van der Waals surface area contributed by atoms with Crippen molar-refractivity contribution in [2.75, 3.05) is 19.4 Å². The van der Waals surface area contributed by atoms with E-state index in [1.807, 2.05) is 24.3 Å². The summed E-state index contributed by atoms with van der Waals surface area (Å²) in [7, 11) is 3.42. The molecule has 0 aliphatic rings. The van der Waals surface area contributed by atoms with Crippen LogP contribution in [0, 0.1) is 0 Å². The Kier molecular flexibility index (Phi) is 6.49. The zero-order valence-electron chi connectivity index (χ0n) is 15.2. The first-order valence-electron chi connectivity index (χ1n) is 8.29. The molecule has 0 fully saturated rings. The van der Waals surface area contributed by atoms with Gasteiger partial charge < -0.3 is 15.5 Å². The van der Waals surface area contributed by atoms with Gasteiger partial charge in [-0.25, -0.2) is 0 Å². The van der Waals surface area contributed by atoms with Gasteiger partial charge in [0.25, 0.3) is 5.91 Å². The number of carbonyl (C=O) groups is 3. The smallest absolute Gasteiger partial charge is 0.253 e. The average Bonchev–Trinajstić information content (AvgIpc) is 2.61. The van der Waals surface area contributed by atoms with Crippen molar-refractivity contribution in [3.8, 4) is 0 Å². The molecule has 0 aromatic heterocycles. The number of nitrogens with one attached hydrogen (secondary N) is 2. The lowest BCUT2D eigenvalue weighted by Crippen LogP contribution is -2.25. The van der Waals surface area contributed by atoms with Crippen LogP contribution in [-0.4, -0.2) is 36.7 Å². The summed E-state index contributed by atoms with van der Waals surface area (Å²) in [5.41, 5.74) is 3.11. The molecule has 0 atom stereocenters. The highest BCUT2D eigenvalue weighted by Gasteiger charge is 2.08. The molecule has 0 heterocycles. The van der Waals surface area contributed by atoms with Crippen molar-refractivity contribution >= 4 is 23.4 Å². The summed E-state index contributed by atoms with van der Waals surface area (Å²) in [4.78, 5) is 36.4. The largest absolute Gasteiger partial charge is 0.352 e. The van der Waals surface area contributed by atoms with E-state index in [-0.39, 0.29) is 24.1 Å². The molecule has 2 aromatic carbocycles. The van der Waals surface area contributed by atoms with Crippen LogP contribution in [0.1, 0.15) is 28.4 Å². The van der Waals surface area contributed by atoms with Crippen molar-refractivity contribution in [1.29, 1.82) is 0 Å². The van der Waals surface area contributed by atoms with Crippen LogP contribution in [0.25, 0.3) is 0 Å². The molecule has 26 heavy (non-hydrogen) atoms. The van der Waals surface area contributed by atoms with E-state index in [9.17, 15) is 14.4 Å². The zero-order valence-corrected chi connectivity index (χ0v) is 15.2. The van der Waals surface area contributed by atoms with Gasteiger partial charge in [0, 0.05) is 38.8 Å². The van der Waals surface area contributed by atoms with Crippen molar-refractivity contribution in [1.82, 2.24) is 10.2 Å². The summed E-state index contributed by atoms with van der Waals surface area (Å²) in [5.74, 6) is -0.275. The monoisotopic (exact) mass is 353 g/mol. The van der Waals surface area contributed by atoms with Crippen LogP contribution in [-0.2, 0) is 22.6 Å². The second-order valence-electron chi connectivity index (χ2n) is 6.23. The number of anilines is 1. The minimum atomic E-state index is -0.131. The number of nitrogens with zero attached hydrogens (tertiary/aromatic N) is 1. The van der Waals surface area contributed by atoms with Crippen LogP contribution in [0.5, 0.6) is 0 Å². The van der Waals surface area contributed by atoms with Gasteiger partial charge in [-0.05, 0) is 35.4 Å². The molecule has 0 radical (unpaired) electrons. The Morgan fingerprint density at radius 1 is 0.885 bits per heavy atom. The van der Waals surface area contributed by atoms with E-state index >= 15 is 0 Å². The molecular formula is C20H23N3O3. The van der Waals surface area contributed by atoms with Crippen molar-refractivity contribution in [2.24, 2.45) is 0 Å². The first-order chi connectivity index (χ1) is 12.3. The highest BCUT2D eigenvalue weighted by Crippen LogP contribution is 2.10. The van der Waals surface area contributed by atoms with E-state index < -0.39 is 0 Å². The molecule has 0 aliphatic heterocycles. The Balaban J connectivity index is 1.84. The van der Waals surface area contributed by atoms with Gasteiger partial charge in [0.15, 0.2) is 0 Å². The lowest BCUT2D eigenvalue weighted by molar-refractivity contribution is -0.120. The van der Waals surface area contributed by atoms with Crippen LogP contribution in [0.2, 0.25) is 0 Å². The van der Waals surface area contributed by atoms with Gasteiger partial charge in [0.05, 0.1) is 6.42 Å². The molecule has 6 heteroatoms. The molecule has 136 valence electrons. The third-order valence-corrected chi connectivity index (χ3v) is 3.74. The van der Waals surface area contributed by atoms with E-state index in [0.29, 0.717) is 17.8 Å². The molecule has 0 bridgehead atoms. The van der Waals surface area contributed by atoms with Gasteiger partial charge in [-0.1, -0.05) is 24.3 Å². The van der Waals surface area contributed by atoms with E-state index in [1.165, 1.54) is 11.8 Å². The minimum Gasteiger partial charge on any atom is -0.352 e. The SMILES string of the molecule is CC(=O)Nc1ccc(CC(=O)NCc2ccc(C(=O)N(C)C)cc2)cc1. The Morgan fingerprint density at radius 3 is 2.00 bits per heavy atom. The van der Waals surface area contributed by atoms with Crippen LogP contribution in [0.15, 0.2) is 48.5 Å². The molecule has 0 spiro atoms. The number of carbonyl (C=O) groups excluding carboxylic acids is 3. The minimum absolute atomic E-state index is 0.0525. The first-order valence-corrected chi connectivity index (χ1v) is 8.29. The van der Waals surface area contributed by atoms with E-state index in [2.05, 4.69) is 10.6 Å². The molecule has 6 nitrogen and oxygen atoms in total. The predicted octanol–water partition coefficient (Wildman–Crippen LogP) is 2.21. The third kappa shape index (κ3) is 5.73. The fourth-order valence-corrected chi connectivity index (χ4v) is 2.38. The zero-order chi connectivity index (χ0) is 19.1. The molecule has 2 aromatic rings. The van der Waals surface area contributed by atoms with E-state index in [4.69, 9.17) is 0 Å². The summed E-state index contributed by atoms with van der Waals surface area (Å²) in [6.07, 6.45) is 0.261. The van der Waals surface area contributed by atoms with Gasteiger partial charge in [-0.15, -0.1) is 0 Å². The van der Waals surface area contributed by atoms with Crippen molar-refractivity contribution in [3.63, 3.8) is 0 Å². The second-order valence-corrected chi connectivity index (χ2v) is 6.23. The fraction of sp³-hybridized carbons (Fsp3) is 0.250. The topological polar surface area (TPSA) is 78.5 Å². The maximum Gasteiger partial charge on any atom is 0.253 e. The Bertz CT molecular complexity index is 781. The quantitative estimate of drug-likeness (QED) is 0.836. The first kappa shape index (κ1) is 19.2. The van der Waals surface area contributed by atoms with Crippen LogP contribution in [0.3, 0.4) is 0 Å². The number of benzene rings is 2. The molecule has 0 aliphatic carbocycles. The van der Waals surface area contributed by atoms with E-state index in [1.54, 1.807) is 38.4 Å². The Labute approximate surface area is 153 Å². The highest BCUT2D eigenvalue weighted by molar-refractivity contribution is 5.93. The summed E-state index contributed by atoms with van der Waals surface area (Å²) in [6, 6.07) is 14.3. The number of amides is 3. The number of hydrogen-bond acceptors (Lipinski definition) is 3. The average molecular weight is 353 g/mol. The predicted molar refractivity (Wildman–Crippen MR) is 101 cm³/mol. The summed E-state index contributed by atoms with van der Waals surface area (Å²) < 4.78 is 0. The number of hydrogen-bond donors (Lipinski definition) is 2. The van der Waals surface area contributed by atoms with Crippen LogP contribution in [0.4, 0.5) is 5.69 Å². The summed E-state index contributed by atoms with van der Waals surface area (Å²) in [6.45, 7) is 1.85.